The highest BCUT2D eigenvalue weighted by atomic mass is 32.2. The Morgan fingerprint density at radius 3 is 2.47 bits per heavy atom. The van der Waals surface area contributed by atoms with E-state index in [0.717, 1.165) is 39.0 Å². The van der Waals surface area contributed by atoms with Crippen LogP contribution >= 0.6 is 0 Å². The van der Waals surface area contributed by atoms with Crippen LogP contribution in [0.3, 0.4) is 0 Å². The Morgan fingerprint density at radius 2 is 1.87 bits per heavy atom. The highest BCUT2D eigenvalue weighted by Gasteiger charge is 2.35. The van der Waals surface area contributed by atoms with Gasteiger partial charge in [-0.15, -0.1) is 0 Å². The summed E-state index contributed by atoms with van der Waals surface area (Å²) in [5.41, 5.74) is 0. The monoisotopic (exact) mass is 442 g/mol. The molecule has 0 spiro atoms. The molecular weight excluding hydrogens is 408 g/mol. The molecule has 2 fully saturated rings. The lowest BCUT2D eigenvalue weighted by molar-refractivity contribution is 0.0173. The molecule has 0 saturated carbocycles. The molecule has 0 bridgehead atoms. The van der Waals surface area contributed by atoms with Gasteiger partial charge in [-0.2, -0.15) is 4.31 Å². The van der Waals surface area contributed by atoms with Crippen molar-refractivity contribution in [1.29, 1.82) is 0 Å². The normalized spacial score (nSPS) is 21.0. The van der Waals surface area contributed by atoms with Crippen molar-refractivity contribution in [2.75, 3.05) is 60.5 Å². The summed E-state index contributed by atoms with van der Waals surface area (Å²) >= 11 is 0. The highest BCUT2D eigenvalue weighted by molar-refractivity contribution is 7.89. The standard InChI is InChI=1S/C19H34N6O4S/c1-21(2)19(26)24-8-5-17(13-24)25(16-6-11-29-12-7-16)10-9-23(4)30(27,28)18-14-22(3)15-20-18/h14-17H,5-13H2,1-4H3. The van der Waals surface area contributed by atoms with Crippen LogP contribution in [0.15, 0.2) is 17.6 Å². The highest BCUT2D eigenvalue weighted by Crippen LogP contribution is 2.24. The maximum absolute atomic E-state index is 12.8. The number of rotatable bonds is 7. The molecular formula is C19H34N6O4S. The fraction of sp³-hybridized carbons (Fsp3) is 0.789. The van der Waals surface area contributed by atoms with E-state index in [1.807, 2.05) is 4.90 Å². The van der Waals surface area contributed by atoms with Gasteiger partial charge >= 0.3 is 6.03 Å². The molecule has 11 heteroatoms. The zero-order valence-corrected chi connectivity index (χ0v) is 19.2. The Morgan fingerprint density at radius 1 is 1.17 bits per heavy atom. The minimum atomic E-state index is -3.62. The zero-order valence-electron chi connectivity index (χ0n) is 18.4. The molecule has 3 heterocycles. The zero-order chi connectivity index (χ0) is 21.9. The van der Waals surface area contributed by atoms with E-state index in [1.165, 1.54) is 16.8 Å². The molecule has 3 rings (SSSR count). The second-order valence-corrected chi connectivity index (χ2v) is 10.3. The Bertz CT molecular complexity index is 821. The average molecular weight is 443 g/mol. The number of ether oxygens (including phenoxy) is 1. The second kappa shape index (κ2) is 9.63. The van der Waals surface area contributed by atoms with Crippen molar-refractivity contribution in [3.8, 4) is 0 Å². The number of likely N-dealkylation sites (tertiary alicyclic amines) is 1. The number of hydrogen-bond acceptors (Lipinski definition) is 6. The third-order valence-electron chi connectivity index (χ3n) is 5.97. The van der Waals surface area contributed by atoms with E-state index in [0.29, 0.717) is 25.7 Å². The predicted octanol–water partition coefficient (Wildman–Crippen LogP) is 0.278. The number of nitrogens with zero attached hydrogens (tertiary/aromatic N) is 6. The van der Waals surface area contributed by atoms with Gasteiger partial charge in [-0.3, -0.25) is 4.90 Å². The third kappa shape index (κ3) is 5.13. The minimum Gasteiger partial charge on any atom is -0.381 e. The maximum Gasteiger partial charge on any atom is 0.319 e. The van der Waals surface area contributed by atoms with Gasteiger partial charge in [-0.25, -0.2) is 18.2 Å². The van der Waals surface area contributed by atoms with E-state index >= 15 is 0 Å². The van der Waals surface area contributed by atoms with Crippen LogP contribution in [0.25, 0.3) is 0 Å². The van der Waals surface area contributed by atoms with Gasteiger partial charge in [0.15, 0.2) is 5.03 Å². The van der Waals surface area contributed by atoms with E-state index in [2.05, 4.69) is 9.88 Å². The molecule has 0 aromatic carbocycles. The maximum atomic E-state index is 12.8. The van der Waals surface area contributed by atoms with E-state index in [1.54, 1.807) is 37.7 Å². The number of aromatic nitrogens is 2. The van der Waals surface area contributed by atoms with Crippen LogP contribution in [-0.4, -0.2) is 116 Å². The van der Waals surface area contributed by atoms with E-state index in [4.69, 9.17) is 4.74 Å². The smallest absolute Gasteiger partial charge is 0.319 e. The summed E-state index contributed by atoms with van der Waals surface area (Å²) in [6.45, 7) is 3.82. The van der Waals surface area contributed by atoms with E-state index < -0.39 is 10.0 Å². The predicted molar refractivity (Wildman–Crippen MR) is 113 cm³/mol. The topological polar surface area (TPSA) is 91.2 Å². The lowest BCUT2D eigenvalue weighted by Gasteiger charge is -2.39. The summed E-state index contributed by atoms with van der Waals surface area (Å²) in [6, 6.07) is 0.589. The van der Waals surface area contributed by atoms with Crippen LogP contribution in [0.4, 0.5) is 4.79 Å². The largest absolute Gasteiger partial charge is 0.381 e. The molecule has 0 radical (unpaired) electrons. The van der Waals surface area contributed by atoms with Gasteiger partial charge in [-0.1, -0.05) is 0 Å². The van der Waals surface area contributed by atoms with Crippen molar-refractivity contribution < 1.29 is 17.9 Å². The molecule has 30 heavy (non-hydrogen) atoms. The van der Waals surface area contributed by atoms with Crippen molar-refractivity contribution >= 4 is 16.1 Å². The quantitative estimate of drug-likeness (QED) is 0.602. The first-order valence-electron chi connectivity index (χ1n) is 10.4. The van der Waals surface area contributed by atoms with Gasteiger partial charge in [0.25, 0.3) is 10.0 Å². The van der Waals surface area contributed by atoms with Gasteiger partial charge in [0.1, 0.15) is 0 Å². The van der Waals surface area contributed by atoms with Crippen LogP contribution < -0.4 is 0 Å². The first-order chi connectivity index (χ1) is 14.2. The van der Waals surface area contributed by atoms with Crippen molar-refractivity contribution in [2.24, 2.45) is 7.05 Å². The third-order valence-corrected chi connectivity index (χ3v) is 7.72. The summed E-state index contributed by atoms with van der Waals surface area (Å²) in [5, 5.41) is 0.0636. The molecule has 10 nitrogen and oxygen atoms in total. The van der Waals surface area contributed by atoms with Crippen LogP contribution in [0.5, 0.6) is 0 Å². The molecule has 2 saturated heterocycles. The van der Waals surface area contributed by atoms with E-state index in [-0.39, 0.29) is 17.1 Å². The van der Waals surface area contributed by atoms with Gasteiger partial charge in [0.2, 0.25) is 0 Å². The molecule has 1 aromatic rings. The molecule has 2 aliphatic rings. The van der Waals surface area contributed by atoms with Gasteiger partial charge in [0, 0.05) is 85.9 Å². The molecule has 1 aromatic heterocycles. The Kier molecular flexibility index (Phi) is 7.38. The summed E-state index contributed by atoms with van der Waals surface area (Å²) in [4.78, 5) is 22.3. The summed E-state index contributed by atoms with van der Waals surface area (Å²) in [7, 11) is 3.26. The summed E-state index contributed by atoms with van der Waals surface area (Å²) in [5.74, 6) is 0. The number of imidazole rings is 1. The number of likely N-dealkylation sites (N-methyl/N-ethyl adjacent to an activating group) is 1. The Balaban J connectivity index is 1.68. The van der Waals surface area contributed by atoms with Crippen molar-refractivity contribution in [2.45, 2.75) is 36.4 Å². The Hall–Kier alpha value is -1.69. The lowest BCUT2D eigenvalue weighted by Crippen LogP contribution is -2.50. The molecule has 0 aliphatic carbocycles. The first kappa shape index (κ1) is 23.0. The number of sulfonamides is 1. The van der Waals surface area contributed by atoms with Crippen LogP contribution in [-0.2, 0) is 21.8 Å². The molecule has 1 unspecified atom stereocenters. The van der Waals surface area contributed by atoms with Crippen LogP contribution in [0, 0.1) is 0 Å². The SMILES string of the molecule is CN(C)C(=O)N1CCC(N(CCN(C)S(=O)(=O)c2cn(C)cn2)C2CCOCC2)C1. The number of aryl methyl sites for hydroxylation is 1. The van der Waals surface area contributed by atoms with Gasteiger partial charge in [-0.05, 0) is 19.3 Å². The average Bonchev–Trinajstić information content (AvgIpc) is 3.38. The number of amides is 2. The van der Waals surface area contributed by atoms with E-state index in [9.17, 15) is 13.2 Å². The van der Waals surface area contributed by atoms with Crippen LogP contribution in [0.1, 0.15) is 19.3 Å². The van der Waals surface area contributed by atoms with Gasteiger partial charge in [0.05, 0.1) is 6.33 Å². The molecule has 2 aliphatic heterocycles. The number of carbonyl (C=O) groups excluding carboxylic acids is 1. The Labute approximate surface area is 179 Å². The van der Waals surface area contributed by atoms with Gasteiger partial charge < -0.3 is 19.1 Å². The summed E-state index contributed by atoms with van der Waals surface area (Å²) < 4.78 is 34.2. The number of hydrogen-bond donors (Lipinski definition) is 0. The molecule has 0 N–H and O–H groups in total. The van der Waals surface area contributed by atoms with Crippen molar-refractivity contribution in [3.63, 3.8) is 0 Å². The fourth-order valence-electron chi connectivity index (χ4n) is 4.21. The lowest BCUT2D eigenvalue weighted by atomic mass is 10.0. The van der Waals surface area contributed by atoms with Crippen molar-refractivity contribution in [1.82, 2.24) is 28.6 Å². The fourth-order valence-corrected chi connectivity index (χ4v) is 5.33. The minimum absolute atomic E-state index is 0.0271. The molecule has 170 valence electrons. The first-order valence-corrected chi connectivity index (χ1v) is 11.9. The molecule has 2 amide bonds. The van der Waals surface area contributed by atoms with Crippen LogP contribution in [0.2, 0.25) is 0 Å². The number of carbonyl (C=O) groups is 1. The number of urea groups is 1. The summed E-state index contributed by atoms with van der Waals surface area (Å²) in [6.07, 6.45) is 5.75. The van der Waals surface area contributed by atoms with Crippen molar-refractivity contribution in [3.05, 3.63) is 12.5 Å². The second-order valence-electron chi connectivity index (χ2n) is 8.35. The molecule has 1 atom stereocenters.